The second-order valence-electron chi connectivity index (χ2n) is 11.0. The number of aryl methyl sites for hydroxylation is 2. The number of para-hydroxylation sites is 1. The van der Waals surface area contributed by atoms with Crippen molar-refractivity contribution in [1.29, 1.82) is 0 Å². The highest BCUT2D eigenvalue weighted by molar-refractivity contribution is 14.1. The number of halogens is 1. The van der Waals surface area contributed by atoms with Gasteiger partial charge in [0.2, 0.25) is 0 Å². The Labute approximate surface area is 287 Å². The number of anilines is 2. The van der Waals surface area contributed by atoms with E-state index in [2.05, 4.69) is 52.9 Å². The number of hydrogen-bond donors (Lipinski definition) is 0. The summed E-state index contributed by atoms with van der Waals surface area (Å²) in [7, 11) is 0. The maximum absolute atomic E-state index is 14.1. The van der Waals surface area contributed by atoms with Gasteiger partial charge < -0.3 is 9.47 Å². The summed E-state index contributed by atoms with van der Waals surface area (Å²) in [5, 5.41) is 2.41. The first-order chi connectivity index (χ1) is 22.2. The zero-order valence-corrected chi connectivity index (χ0v) is 28.6. The van der Waals surface area contributed by atoms with E-state index in [0.717, 1.165) is 25.6 Å². The molecular weight excluding hydrogens is 707 g/mol. The second kappa shape index (κ2) is 13.4. The number of hydrogen-bond acceptors (Lipinski definition) is 5. The number of fused-ring (bicyclic) bond motifs is 1. The Balaban J connectivity index is 1.38. The topological polar surface area (TPSA) is 59.1 Å². The standard InChI is InChI=1S/C38H31IN2O4S/c1-4-44-34-22-27(21-33(39)35(34)45-23-26-15-16-28-10-8-9-11-29(28)19-26)20-32-36(42)40(30-12-6-5-7-13-30)38(46)41(37(32)43)31-17-14-24(2)25(3)18-31/h5-22H,4,23H2,1-3H3/b32-20+. The van der Waals surface area contributed by atoms with Crippen LogP contribution < -0.4 is 19.3 Å². The lowest BCUT2D eigenvalue weighted by Gasteiger charge is -2.36. The fourth-order valence-corrected chi connectivity index (χ4v) is 6.51. The van der Waals surface area contributed by atoms with E-state index >= 15 is 0 Å². The predicted molar refractivity (Wildman–Crippen MR) is 197 cm³/mol. The van der Waals surface area contributed by atoms with Crippen molar-refractivity contribution in [3.05, 3.63) is 135 Å². The molecule has 1 fully saturated rings. The molecule has 0 unspecified atom stereocenters. The highest BCUT2D eigenvalue weighted by Crippen LogP contribution is 2.37. The van der Waals surface area contributed by atoms with Crippen molar-refractivity contribution in [1.82, 2.24) is 0 Å². The van der Waals surface area contributed by atoms with E-state index in [-0.39, 0.29) is 10.7 Å². The molecule has 0 spiro atoms. The van der Waals surface area contributed by atoms with Crippen LogP contribution in [0.4, 0.5) is 11.4 Å². The van der Waals surface area contributed by atoms with E-state index in [1.807, 2.05) is 75.4 Å². The Kier molecular flexibility index (Phi) is 9.19. The molecular formula is C38H31IN2O4S. The number of ether oxygens (including phenoxy) is 2. The number of benzene rings is 5. The number of carbonyl (C=O) groups is 2. The van der Waals surface area contributed by atoms with Gasteiger partial charge in [-0.1, -0.05) is 60.7 Å². The molecule has 0 aliphatic carbocycles. The largest absolute Gasteiger partial charge is 0.490 e. The van der Waals surface area contributed by atoms with E-state index in [1.165, 1.54) is 15.2 Å². The number of thiocarbonyl (C=S) groups is 1. The monoisotopic (exact) mass is 738 g/mol. The zero-order chi connectivity index (χ0) is 32.4. The molecule has 5 aromatic rings. The average Bonchev–Trinajstić information content (AvgIpc) is 3.05. The summed E-state index contributed by atoms with van der Waals surface area (Å²) in [4.78, 5) is 31.0. The molecule has 46 heavy (non-hydrogen) atoms. The van der Waals surface area contributed by atoms with Gasteiger partial charge in [-0.15, -0.1) is 0 Å². The molecule has 0 atom stereocenters. The van der Waals surface area contributed by atoms with Gasteiger partial charge in [0.25, 0.3) is 11.8 Å². The van der Waals surface area contributed by atoms with E-state index in [0.29, 0.717) is 41.7 Å². The van der Waals surface area contributed by atoms with Crippen LogP contribution in [0.3, 0.4) is 0 Å². The van der Waals surface area contributed by atoms with Crippen molar-refractivity contribution in [2.75, 3.05) is 16.4 Å². The molecule has 2 amide bonds. The van der Waals surface area contributed by atoms with Crippen molar-refractivity contribution in [2.45, 2.75) is 27.4 Å². The van der Waals surface area contributed by atoms with Crippen LogP contribution >= 0.6 is 34.8 Å². The van der Waals surface area contributed by atoms with Gasteiger partial charge in [0.05, 0.1) is 21.6 Å². The van der Waals surface area contributed by atoms with Crippen molar-refractivity contribution in [3.8, 4) is 11.5 Å². The van der Waals surface area contributed by atoms with Crippen molar-refractivity contribution >= 4 is 80.0 Å². The molecule has 6 rings (SSSR count). The zero-order valence-electron chi connectivity index (χ0n) is 25.6. The number of nitrogens with zero attached hydrogens (tertiary/aromatic N) is 2. The highest BCUT2D eigenvalue weighted by atomic mass is 127. The molecule has 0 radical (unpaired) electrons. The summed E-state index contributed by atoms with van der Waals surface area (Å²) >= 11 is 8.00. The first-order valence-corrected chi connectivity index (χ1v) is 16.4. The van der Waals surface area contributed by atoms with E-state index in [9.17, 15) is 9.59 Å². The van der Waals surface area contributed by atoms with Gasteiger partial charge in [0, 0.05) is 0 Å². The van der Waals surface area contributed by atoms with E-state index in [4.69, 9.17) is 21.7 Å². The predicted octanol–water partition coefficient (Wildman–Crippen LogP) is 8.79. The third-order valence-electron chi connectivity index (χ3n) is 7.85. The lowest BCUT2D eigenvalue weighted by atomic mass is 10.0. The summed E-state index contributed by atoms with van der Waals surface area (Å²) in [6.45, 7) is 6.66. The summed E-state index contributed by atoms with van der Waals surface area (Å²) in [5.74, 6) is 0.142. The van der Waals surface area contributed by atoms with Crippen LogP contribution in [-0.4, -0.2) is 23.5 Å². The summed E-state index contributed by atoms with van der Waals surface area (Å²) in [5.41, 5.74) is 4.92. The Bertz CT molecular complexity index is 2030. The molecule has 1 aliphatic rings. The van der Waals surface area contributed by atoms with Gasteiger partial charge in [-0.3, -0.25) is 19.4 Å². The van der Waals surface area contributed by atoms with Crippen LogP contribution in [0.15, 0.2) is 109 Å². The van der Waals surface area contributed by atoms with E-state index in [1.54, 1.807) is 24.3 Å². The lowest BCUT2D eigenvalue weighted by Crippen LogP contribution is -2.57. The summed E-state index contributed by atoms with van der Waals surface area (Å²) in [6, 6.07) is 33.0. The lowest BCUT2D eigenvalue weighted by molar-refractivity contribution is -0.120. The minimum Gasteiger partial charge on any atom is -0.490 e. The third-order valence-corrected chi connectivity index (χ3v) is 9.02. The van der Waals surface area contributed by atoms with Crippen LogP contribution in [-0.2, 0) is 16.2 Å². The molecule has 0 bridgehead atoms. The number of rotatable bonds is 8. The minimum atomic E-state index is -0.495. The molecule has 1 saturated heterocycles. The van der Waals surface area contributed by atoms with Crippen LogP contribution in [0, 0.1) is 17.4 Å². The second-order valence-corrected chi connectivity index (χ2v) is 12.5. The molecule has 0 saturated carbocycles. The van der Waals surface area contributed by atoms with Crippen molar-refractivity contribution in [2.24, 2.45) is 0 Å². The van der Waals surface area contributed by atoms with Gasteiger partial charge in [-0.2, -0.15) is 0 Å². The third kappa shape index (κ3) is 6.27. The molecule has 0 aromatic heterocycles. The molecule has 6 nitrogen and oxygen atoms in total. The molecule has 5 aromatic carbocycles. The number of amides is 2. The smallest absolute Gasteiger partial charge is 0.270 e. The summed E-state index contributed by atoms with van der Waals surface area (Å²) in [6.07, 6.45) is 1.61. The van der Waals surface area contributed by atoms with Crippen molar-refractivity contribution < 1.29 is 19.1 Å². The highest BCUT2D eigenvalue weighted by Gasteiger charge is 2.41. The molecule has 0 N–H and O–H groups in total. The Morgan fingerprint density at radius 2 is 1.43 bits per heavy atom. The van der Waals surface area contributed by atoms with Crippen LogP contribution in [0.5, 0.6) is 11.5 Å². The Hall–Kier alpha value is -4.54. The fourth-order valence-electron chi connectivity index (χ4n) is 5.35. The first kappa shape index (κ1) is 31.4. The molecule has 1 heterocycles. The summed E-state index contributed by atoms with van der Waals surface area (Å²) < 4.78 is 13.1. The van der Waals surface area contributed by atoms with Crippen LogP contribution in [0.1, 0.15) is 29.2 Å². The molecule has 230 valence electrons. The SMILES string of the molecule is CCOc1cc(/C=C2\C(=O)N(c3ccccc3)C(=S)N(c3ccc(C)c(C)c3)C2=O)cc(I)c1OCc1ccc2ccccc2c1. The molecule has 8 heteroatoms. The van der Waals surface area contributed by atoms with Gasteiger partial charge in [-0.25, -0.2) is 0 Å². The Morgan fingerprint density at radius 3 is 2.15 bits per heavy atom. The quantitative estimate of drug-likeness (QED) is 0.0690. The maximum atomic E-state index is 14.1. The average molecular weight is 739 g/mol. The van der Waals surface area contributed by atoms with Crippen LogP contribution in [0.25, 0.3) is 16.8 Å². The Morgan fingerprint density at radius 1 is 0.739 bits per heavy atom. The van der Waals surface area contributed by atoms with Crippen LogP contribution in [0.2, 0.25) is 0 Å². The van der Waals surface area contributed by atoms with Gasteiger partial charge in [-0.05, 0) is 137 Å². The fraction of sp³-hybridized carbons (Fsp3) is 0.132. The van der Waals surface area contributed by atoms with Gasteiger partial charge in [0.1, 0.15) is 12.2 Å². The number of carbonyl (C=O) groups excluding carboxylic acids is 2. The minimum absolute atomic E-state index is 0.0150. The maximum Gasteiger partial charge on any atom is 0.270 e. The van der Waals surface area contributed by atoms with Crippen molar-refractivity contribution in [3.63, 3.8) is 0 Å². The van der Waals surface area contributed by atoms with E-state index < -0.39 is 11.8 Å². The first-order valence-electron chi connectivity index (χ1n) is 14.9. The van der Waals surface area contributed by atoms with Gasteiger partial charge >= 0.3 is 0 Å². The van der Waals surface area contributed by atoms with Gasteiger partial charge in [0.15, 0.2) is 16.6 Å². The normalized spacial score (nSPS) is 14.3. The molecule has 1 aliphatic heterocycles.